The highest BCUT2D eigenvalue weighted by Crippen LogP contribution is 2.41. The first-order chi connectivity index (χ1) is 8.60. The van der Waals surface area contributed by atoms with Crippen LogP contribution in [-0.4, -0.2) is 36.6 Å². The predicted octanol–water partition coefficient (Wildman–Crippen LogP) is 3.42. The van der Waals surface area contributed by atoms with Crippen LogP contribution in [0.5, 0.6) is 0 Å². The minimum atomic E-state index is 0.460. The van der Waals surface area contributed by atoms with Crippen LogP contribution in [0.3, 0.4) is 0 Å². The zero-order valence-electron chi connectivity index (χ0n) is 12.8. The van der Waals surface area contributed by atoms with Gasteiger partial charge in [0.1, 0.15) is 0 Å². The molecule has 0 bridgehead atoms. The molecule has 2 rings (SSSR count). The van der Waals surface area contributed by atoms with E-state index in [2.05, 4.69) is 38.0 Å². The van der Waals surface area contributed by atoms with Crippen molar-refractivity contribution in [3.8, 4) is 0 Å². The molecule has 0 saturated heterocycles. The van der Waals surface area contributed by atoms with E-state index in [1.54, 1.807) is 0 Å². The molecule has 0 aromatic carbocycles. The molecule has 2 heteroatoms. The van der Waals surface area contributed by atoms with Gasteiger partial charge in [0.15, 0.2) is 0 Å². The van der Waals surface area contributed by atoms with E-state index in [0.717, 1.165) is 12.1 Å². The van der Waals surface area contributed by atoms with Crippen LogP contribution in [0.4, 0.5) is 0 Å². The third-order valence-electron chi connectivity index (χ3n) is 5.46. The summed E-state index contributed by atoms with van der Waals surface area (Å²) >= 11 is 0. The molecule has 0 heterocycles. The molecule has 2 atom stereocenters. The maximum Gasteiger partial charge on any atom is 0.0271 e. The fourth-order valence-electron chi connectivity index (χ4n) is 4.48. The number of hydrogen-bond donors (Lipinski definition) is 1. The Balaban J connectivity index is 2.07. The van der Waals surface area contributed by atoms with Gasteiger partial charge in [0.2, 0.25) is 0 Å². The van der Waals surface area contributed by atoms with Crippen LogP contribution in [0, 0.1) is 5.41 Å². The Labute approximate surface area is 114 Å². The van der Waals surface area contributed by atoms with Crippen LogP contribution < -0.4 is 5.32 Å². The third-order valence-corrected chi connectivity index (χ3v) is 5.46. The molecule has 18 heavy (non-hydrogen) atoms. The van der Waals surface area contributed by atoms with Crippen LogP contribution in [0.25, 0.3) is 0 Å². The lowest BCUT2D eigenvalue weighted by Crippen LogP contribution is -2.54. The zero-order valence-corrected chi connectivity index (χ0v) is 12.8. The minimum absolute atomic E-state index is 0.460. The summed E-state index contributed by atoms with van der Waals surface area (Å²) in [6, 6.07) is 2.29. The van der Waals surface area contributed by atoms with Crippen LogP contribution in [-0.2, 0) is 0 Å². The van der Waals surface area contributed by atoms with E-state index in [1.807, 2.05) is 0 Å². The van der Waals surface area contributed by atoms with Crippen LogP contribution in [0.2, 0.25) is 0 Å². The predicted molar refractivity (Wildman–Crippen MR) is 78.9 cm³/mol. The molecule has 0 aliphatic heterocycles. The molecule has 106 valence electrons. The summed E-state index contributed by atoms with van der Waals surface area (Å²) < 4.78 is 0. The normalized spacial score (nSPS) is 33.2. The Bertz CT molecular complexity index is 256. The fourth-order valence-corrected chi connectivity index (χ4v) is 4.48. The first-order valence-electron chi connectivity index (χ1n) is 8.03. The average molecular weight is 252 g/mol. The van der Waals surface area contributed by atoms with Gasteiger partial charge < -0.3 is 5.32 Å². The SMILES string of the molecule is CCN(C1CCCCC1)C1CCC(C)(C)C1NC. The quantitative estimate of drug-likeness (QED) is 0.825. The molecule has 0 spiro atoms. The first-order valence-corrected chi connectivity index (χ1v) is 8.03. The highest BCUT2D eigenvalue weighted by molar-refractivity contribution is 5.01. The van der Waals surface area contributed by atoms with Crippen molar-refractivity contribution in [2.24, 2.45) is 5.41 Å². The molecule has 2 unspecified atom stereocenters. The zero-order chi connectivity index (χ0) is 13.2. The highest BCUT2D eigenvalue weighted by Gasteiger charge is 2.44. The van der Waals surface area contributed by atoms with Crippen molar-refractivity contribution < 1.29 is 0 Å². The van der Waals surface area contributed by atoms with E-state index in [0.29, 0.717) is 11.5 Å². The maximum absolute atomic E-state index is 3.62. The van der Waals surface area contributed by atoms with Gasteiger partial charge in [-0.25, -0.2) is 0 Å². The van der Waals surface area contributed by atoms with Crippen LogP contribution in [0.1, 0.15) is 65.7 Å². The summed E-state index contributed by atoms with van der Waals surface area (Å²) in [5, 5.41) is 3.62. The molecular formula is C16H32N2. The molecule has 1 N–H and O–H groups in total. The summed E-state index contributed by atoms with van der Waals surface area (Å²) in [6.07, 6.45) is 9.96. The van der Waals surface area contributed by atoms with E-state index < -0.39 is 0 Å². The largest absolute Gasteiger partial charge is 0.315 e. The van der Waals surface area contributed by atoms with Gasteiger partial charge in [-0.1, -0.05) is 40.0 Å². The van der Waals surface area contributed by atoms with Gasteiger partial charge >= 0.3 is 0 Å². The van der Waals surface area contributed by atoms with Gasteiger partial charge in [0.05, 0.1) is 0 Å². The molecular weight excluding hydrogens is 220 g/mol. The summed E-state index contributed by atoms with van der Waals surface area (Å²) in [4.78, 5) is 2.83. The molecule has 2 aliphatic carbocycles. The summed E-state index contributed by atoms with van der Waals surface area (Å²) in [5.41, 5.74) is 0.460. The summed E-state index contributed by atoms with van der Waals surface area (Å²) in [7, 11) is 2.15. The molecule has 2 saturated carbocycles. The highest BCUT2D eigenvalue weighted by atomic mass is 15.2. The van der Waals surface area contributed by atoms with Gasteiger partial charge in [0, 0.05) is 18.1 Å². The first kappa shape index (κ1) is 14.3. The van der Waals surface area contributed by atoms with E-state index in [1.165, 1.54) is 51.5 Å². The number of likely N-dealkylation sites (N-methyl/N-ethyl adjacent to an activating group) is 2. The molecule has 0 aromatic heterocycles. The second-order valence-electron chi connectivity index (χ2n) is 6.98. The van der Waals surface area contributed by atoms with Crippen molar-refractivity contribution in [2.45, 2.75) is 83.8 Å². The summed E-state index contributed by atoms with van der Waals surface area (Å²) in [5.74, 6) is 0. The minimum Gasteiger partial charge on any atom is -0.315 e. The lowest BCUT2D eigenvalue weighted by atomic mass is 9.85. The number of rotatable bonds is 4. The number of hydrogen-bond acceptors (Lipinski definition) is 2. The Morgan fingerprint density at radius 3 is 2.33 bits per heavy atom. The number of nitrogens with zero attached hydrogens (tertiary/aromatic N) is 1. The van der Waals surface area contributed by atoms with E-state index >= 15 is 0 Å². The Kier molecular flexibility index (Phi) is 4.71. The monoisotopic (exact) mass is 252 g/mol. The van der Waals surface area contributed by atoms with Crippen LogP contribution >= 0.6 is 0 Å². The van der Waals surface area contributed by atoms with Crippen molar-refractivity contribution in [1.29, 1.82) is 0 Å². The Morgan fingerprint density at radius 2 is 1.78 bits per heavy atom. The molecule has 0 amide bonds. The topological polar surface area (TPSA) is 15.3 Å². The van der Waals surface area contributed by atoms with Crippen molar-refractivity contribution in [2.75, 3.05) is 13.6 Å². The molecule has 2 nitrogen and oxygen atoms in total. The van der Waals surface area contributed by atoms with Crippen molar-refractivity contribution in [3.63, 3.8) is 0 Å². The molecule has 0 aromatic rings. The molecule has 0 radical (unpaired) electrons. The van der Waals surface area contributed by atoms with Gasteiger partial charge in [-0.05, 0) is 44.7 Å². The lowest BCUT2D eigenvalue weighted by molar-refractivity contribution is 0.0854. The second-order valence-corrected chi connectivity index (χ2v) is 6.98. The fraction of sp³-hybridized carbons (Fsp3) is 1.00. The smallest absolute Gasteiger partial charge is 0.0271 e. The molecule has 2 aliphatic rings. The average Bonchev–Trinajstić information content (AvgIpc) is 2.67. The number of nitrogens with one attached hydrogen (secondary N) is 1. The Morgan fingerprint density at radius 1 is 1.11 bits per heavy atom. The van der Waals surface area contributed by atoms with E-state index in [-0.39, 0.29) is 0 Å². The summed E-state index contributed by atoms with van der Waals surface area (Å²) in [6.45, 7) is 8.45. The standard InChI is InChI=1S/C16H32N2/c1-5-18(13-9-7-6-8-10-13)14-11-12-16(2,3)15(14)17-4/h13-15,17H,5-12H2,1-4H3. The third kappa shape index (κ3) is 2.75. The van der Waals surface area contributed by atoms with E-state index in [9.17, 15) is 0 Å². The van der Waals surface area contributed by atoms with Gasteiger partial charge in [0.25, 0.3) is 0 Å². The maximum atomic E-state index is 3.62. The lowest BCUT2D eigenvalue weighted by Gasteiger charge is -2.42. The molecule has 2 fully saturated rings. The van der Waals surface area contributed by atoms with Gasteiger partial charge in [-0.3, -0.25) is 4.90 Å². The Hall–Kier alpha value is -0.0800. The van der Waals surface area contributed by atoms with Gasteiger partial charge in [-0.2, -0.15) is 0 Å². The van der Waals surface area contributed by atoms with Gasteiger partial charge in [-0.15, -0.1) is 0 Å². The van der Waals surface area contributed by atoms with Crippen molar-refractivity contribution in [3.05, 3.63) is 0 Å². The van der Waals surface area contributed by atoms with Crippen molar-refractivity contribution >= 4 is 0 Å². The van der Waals surface area contributed by atoms with Crippen molar-refractivity contribution in [1.82, 2.24) is 10.2 Å². The van der Waals surface area contributed by atoms with E-state index in [4.69, 9.17) is 0 Å². The van der Waals surface area contributed by atoms with Crippen LogP contribution in [0.15, 0.2) is 0 Å². The second kappa shape index (κ2) is 5.92.